The van der Waals surface area contributed by atoms with Crippen molar-refractivity contribution in [1.29, 1.82) is 0 Å². The van der Waals surface area contributed by atoms with Crippen LogP contribution in [0.2, 0.25) is 0 Å². The molecule has 0 saturated carbocycles. The van der Waals surface area contributed by atoms with Crippen molar-refractivity contribution < 1.29 is 17.9 Å². The van der Waals surface area contributed by atoms with Crippen molar-refractivity contribution in [3.8, 4) is 5.75 Å². The largest absolute Gasteiger partial charge is 0.494 e. The van der Waals surface area contributed by atoms with E-state index in [1.54, 1.807) is 24.3 Å². The van der Waals surface area contributed by atoms with Crippen LogP contribution in [0, 0.1) is 0 Å². The van der Waals surface area contributed by atoms with E-state index in [9.17, 15) is 13.2 Å². The lowest BCUT2D eigenvalue weighted by atomic mass is 10.1. The first-order valence-corrected chi connectivity index (χ1v) is 10.2. The fraction of sp³-hybridized carbons (Fsp3) is 0.316. The molecule has 2 aromatic rings. The van der Waals surface area contributed by atoms with Gasteiger partial charge in [0.25, 0.3) is 0 Å². The van der Waals surface area contributed by atoms with Gasteiger partial charge in [-0.25, -0.2) is 4.31 Å². The predicted molar refractivity (Wildman–Crippen MR) is 105 cm³/mol. The maximum atomic E-state index is 12.5. The minimum absolute atomic E-state index is 0.155. The van der Waals surface area contributed by atoms with Crippen LogP contribution in [0.1, 0.15) is 12.5 Å². The van der Waals surface area contributed by atoms with E-state index in [0.29, 0.717) is 18.0 Å². The first kappa shape index (κ1) is 19.0. The van der Waals surface area contributed by atoms with E-state index in [-0.39, 0.29) is 25.4 Å². The summed E-state index contributed by atoms with van der Waals surface area (Å²) in [4.78, 5) is 12.1. The molecule has 27 heavy (non-hydrogen) atoms. The fourth-order valence-corrected chi connectivity index (χ4v) is 4.41. The van der Waals surface area contributed by atoms with Crippen LogP contribution in [-0.2, 0) is 21.4 Å². The second kappa shape index (κ2) is 7.87. The number of amides is 1. The van der Waals surface area contributed by atoms with E-state index in [1.165, 1.54) is 15.7 Å². The van der Waals surface area contributed by atoms with Crippen LogP contribution in [0.4, 0.5) is 11.4 Å². The second-order valence-corrected chi connectivity index (χ2v) is 8.02. The number of hydrogen-bond donors (Lipinski definition) is 1. The fourth-order valence-electron chi connectivity index (χ4n) is 2.99. The summed E-state index contributed by atoms with van der Waals surface area (Å²) in [5, 5.41) is 2.79. The van der Waals surface area contributed by atoms with E-state index >= 15 is 0 Å². The van der Waals surface area contributed by atoms with Gasteiger partial charge in [0, 0.05) is 13.6 Å². The van der Waals surface area contributed by atoms with Gasteiger partial charge in [-0.05, 0) is 36.8 Å². The first-order valence-electron chi connectivity index (χ1n) is 8.77. The minimum atomic E-state index is -3.59. The molecule has 0 atom stereocenters. The molecule has 1 amide bonds. The molecule has 1 aliphatic heterocycles. The van der Waals surface area contributed by atoms with E-state index in [2.05, 4.69) is 5.32 Å². The Morgan fingerprint density at radius 2 is 1.74 bits per heavy atom. The molecule has 0 aromatic heterocycles. The Morgan fingerprint density at radius 1 is 1.07 bits per heavy atom. The number of rotatable bonds is 7. The number of carbonyl (C=O) groups is 1. The van der Waals surface area contributed by atoms with Crippen molar-refractivity contribution in [1.82, 2.24) is 5.32 Å². The Morgan fingerprint density at radius 3 is 2.41 bits per heavy atom. The summed E-state index contributed by atoms with van der Waals surface area (Å²) >= 11 is 0. The van der Waals surface area contributed by atoms with Gasteiger partial charge in [-0.1, -0.05) is 24.3 Å². The highest BCUT2D eigenvalue weighted by molar-refractivity contribution is 7.94. The summed E-state index contributed by atoms with van der Waals surface area (Å²) < 4.78 is 33.0. The molecule has 144 valence electrons. The number of nitrogens with one attached hydrogen (secondary N) is 1. The predicted octanol–water partition coefficient (Wildman–Crippen LogP) is 1.95. The number of ether oxygens (including phenoxy) is 1. The maximum absolute atomic E-state index is 12.5. The number of hydrogen-bond acceptors (Lipinski definition) is 4. The molecule has 0 unspecified atom stereocenters. The zero-order valence-corrected chi connectivity index (χ0v) is 16.2. The Balaban J connectivity index is 1.55. The molecule has 0 aliphatic carbocycles. The minimum Gasteiger partial charge on any atom is -0.494 e. The van der Waals surface area contributed by atoms with Crippen LogP contribution in [0.3, 0.4) is 0 Å². The van der Waals surface area contributed by atoms with Crippen LogP contribution in [0.15, 0.2) is 48.5 Å². The van der Waals surface area contributed by atoms with Crippen LogP contribution >= 0.6 is 0 Å². The Labute approximate surface area is 159 Å². The van der Waals surface area contributed by atoms with Crippen LogP contribution < -0.4 is 18.7 Å². The molecule has 0 bridgehead atoms. The van der Waals surface area contributed by atoms with Crippen LogP contribution in [-0.4, -0.2) is 41.1 Å². The zero-order chi connectivity index (χ0) is 19.4. The standard InChI is InChI=1S/C19H23N3O4S/c1-3-26-16-10-8-15(9-11-16)14-19(23)20-12-13-22-18-7-5-4-6-17(18)21(2)27(22,24)25/h4-11H,3,12-14H2,1-2H3,(H,20,23). The molecule has 3 rings (SSSR count). The smallest absolute Gasteiger partial charge is 0.326 e. The molecule has 1 heterocycles. The molecule has 0 radical (unpaired) electrons. The van der Waals surface area contributed by atoms with E-state index in [1.807, 2.05) is 31.2 Å². The monoisotopic (exact) mass is 389 g/mol. The van der Waals surface area contributed by atoms with Crippen molar-refractivity contribution in [2.75, 3.05) is 35.4 Å². The lowest BCUT2D eigenvalue weighted by Gasteiger charge is -2.19. The SMILES string of the molecule is CCOc1ccc(CC(=O)NCCN2c3ccccc3N(C)S2(=O)=O)cc1. The molecule has 1 N–H and O–H groups in total. The first-order chi connectivity index (χ1) is 12.9. The molecular formula is C19H23N3O4S. The molecule has 7 nitrogen and oxygen atoms in total. The number of anilines is 2. The molecule has 2 aromatic carbocycles. The Bertz CT molecular complexity index is 913. The highest BCUT2D eigenvalue weighted by Gasteiger charge is 2.37. The lowest BCUT2D eigenvalue weighted by molar-refractivity contribution is -0.120. The molecular weight excluding hydrogens is 366 g/mol. The summed E-state index contributed by atoms with van der Waals surface area (Å²) in [6, 6.07) is 14.5. The zero-order valence-electron chi connectivity index (χ0n) is 15.4. The molecule has 8 heteroatoms. The highest BCUT2D eigenvalue weighted by atomic mass is 32.2. The Hall–Kier alpha value is -2.74. The summed E-state index contributed by atoms with van der Waals surface area (Å²) in [6.45, 7) is 2.92. The van der Waals surface area contributed by atoms with Crippen molar-refractivity contribution in [3.05, 3.63) is 54.1 Å². The Kier molecular flexibility index (Phi) is 5.55. The molecule has 0 spiro atoms. The average molecular weight is 389 g/mol. The van der Waals surface area contributed by atoms with Gasteiger partial charge in [0.2, 0.25) is 5.91 Å². The van der Waals surface area contributed by atoms with Gasteiger partial charge in [-0.3, -0.25) is 9.10 Å². The van der Waals surface area contributed by atoms with Crippen molar-refractivity contribution in [2.45, 2.75) is 13.3 Å². The third-order valence-electron chi connectivity index (χ3n) is 4.35. The number of nitrogens with zero attached hydrogens (tertiary/aromatic N) is 2. The third kappa shape index (κ3) is 4.00. The summed E-state index contributed by atoms with van der Waals surface area (Å²) in [5.74, 6) is 0.612. The molecule has 0 fully saturated rings. The number of fused-ring (bicyclic) bond motifs is 1. The quantitative estimate of drug-likeness (QED) is 0.785. The van der Waals surface area contributed by atoms with Crippen molar-refractivity contribution in [3.63, 3.8) is 0 Å². The molecule has 1 aliphatic rings. The van der Waals surface area contributed by atoms with Gasteiger partial charge < -0.3 is 10.1 Å². The summed E-state index contributed by atoms with van der Waals surface area (Å²) in [6.07, 6.45) is 0.232. The van der Waals surface area contributed by atoms with Gasteiger partial charge >= 0.3 is 10.2 Å². The lowest BCUT2D eigenvalue weighted by Crippen LogP contribution is -2.41. The van der Waals surface area contributed by atoms with Crippen molar-refractivity contribution >= 4 is 27.5 Å². The number of benzene rings is 2. The van der Waals surface area contributed by atoms with Gasteiger partial charge in [0.15, 0.2) is 0 Å². The van der Waals surface area contributed by atoms with Gasteiger partial charge in [-0.15, -0.1) is 0 Å². The normalized spacial score (nSPS) is 14.7. The van der Waals surface area contributed by atoms with E-state index in [0.717, 1.165) is 11.3 Å². The number of para-hydroxylation sites is 2. The van der Waals surface area contributed by atoms with E-state index in [4.69, 9.17) is 4.74 Å². The van der Waals surface area contributed by atoms with Gasteiger partial charge in [0.1, 0.15) is 5.75 Å². The molecule has 0 saturated heterocycles. The van der Waals surface area contributed by atoms with Crippen LogP contribution in [0.25, 0.3) is 0 Å². The van der Waals surface area contributed by atoms with Crippen molar-refractivity contribution in [2.24, 2.45) is 0 Å². The topological polar surface area (TPSA) is 79.0 Å². The number of carbonyl (C=O) groups excluding carboxylic acids is 1. The summed E-state index contributed by atoms with van der Waals surface area (Å²) in [5.41, 5.74) is 2.13. The average Bonchev–Trinajstić information content (AvgIpc) is 2.84. The highest BCUT2D eigenvalue weighted by Crippen LogP contribution is 2.38. The maximum Gasteiger partial charge on any atom is 0.326 e. The summed E-state index contributed by atoms with van der Waals surface area (Å²) in [7, 11) is -2.06. The third-order valence-corrected chi connectivity index (χ3v) is 6.18. The second-order valence-electron chi connectivity index (χ2n) is 6.14. The van der Waals surface area contributed by atoms with E-state index < -0.39 is 10.2 Å². The van der Waals surface area contributed by atoms with Gasteiger partial charge in [-0.2, -0.15) is 8.42 Å². The van der Waals surface area contributed by atoms with Crippen LogP contribution in [0.5, 0.6) is 5.75 Å². The van der Waals surface area contributed by atoms with Gasteiger partial charge in [0.05, 0.1) is 30.9 Å².